The summed E-state index contributed by atoms with van der Waals surface area (Å²) in [7, 11) is 0. The molecule has 0 aliphatic rings. The number of hydrogen-bond donors (Lipinski definition) is 2. The molecule has 1 atom stereocenters. The number of rotatable bonds is 7. The van der Waals surface area contributed by atoms with E-state index < -0.39 is 0 Å². The average molecular weight is 208 g/mol. The van der Waals surface area contributed by atoms with E-state index in [0.29, 0.717) is 6.04 Å². The van der Waals surface area contributed by atoms with Gasteiger partial charge in [-0.05, 0) is 26.0 Å². The van der Waals surface area contributed by atoms with Crippen molar-refractivity contribution in [2.45, 2.75) is 32.9 Å². The van der Waals surface area contributed by atoms with E-state index in [1.165, 1.54) is 6.42 Å². The van der Waals surface area contributed by atoms with Crippen molar-refractivity contribution in [1.82, 2.24) is 20.6 Å². The Morgan fingerprint density at radius 1 is 1.33 bits per heavy atom. The molecule has 0 aliphatic heterocycles. The second kappa shape index (κ2) is 7.31. The minimum Gasteiger partial charge on any atom is -0.315 e. The zero-order valence-corrected chi connectivity index (χ0v) is 9.53. The zero-order chi connectivity index (χ0) is 10.9. The van der Waals surface area contributed by atoms with Crippen LogP contribution in [0.15, 0.2) is 18.5 Å². The Morgan fingerprint density at radius 3 is 2.73 bits per heavy atom. The van der Waals surface area contributed by atoms with E-state index in [4.69, 9.17) is 0 Å². The molecule has 2 N–H and O–H groups in total. The number of aromatic nitrogens is 2. The fourth-order valence-corrected chi connectivity index (χ4v) is 1.25. The molecule has 0 saturated carbocycles. The quantitative estimate of drug-likeness (QED) is 0.655. The van der Waals surface area contributed by atoms with Gasteiger partial charge in [0.1, 0.15) is 5.82 Å². The molecule has 0 spiro atoms. The average Bonchev–Trinajstić information content (AvgIpc) is 2.28. The van der Waals surface area contributed by atoms with Crippen LogP contribution in [0.3, 0.4) is 0 Å². The maximum absolute atomic E-state index is 4.15. The Balaban J connectivity index is 2.14. The first-order valence-corrected chi connectivity index (χ1v) is 5.53. The van der Waals surface area contributed by atoms with E-state index in [2.05, 4.69) is 34.4 Å². The van der Waals surface area contributed by atoms with Crippen LogP contribution in [0.5, 0.6) is 0 Å². The molecule has 4 nitrogen and oxygen atoms in total. The molecule has 0 fully saturated rings. The fourth-order valence-electron chi connectivity index (χ4n) is 1.25. The van der Waals surface area contributed by atoms with Gasteiger partial charge in [-0.25, -0.2) is 9.97 Å². The van der Waals surface area contributed by atoms with E-state index in [0.717, 1.165) is 25.5 Å². The smallest absolute Gasteiger partial charge is 0.141 e. The summed E-state index contributed by atoms with van der Waals surface area (Å²) >= 11 is 0. The van der Waals surface area contributed by atoms with Gasteiger partial charge in [0.15, 0.2) is 0 Å². The van der Waals surface area contributed by atoms with Crippen LogP contribution in [-0.4, -0.2) is 29.1 Å². The highest BCUT2D eigenvalue weighted by Crippen LogP contribution is 1.88. The number of hydrogen-bond acceptors (Lipinski definition) is 4. The lowest BCUT2D eigenvalue weighted by Gasteiger charge is -2.13. The third kappa shape index (κ3) is 5.44. The number of nitrogens with zero attached hydrogens (tertiary/aromatic N) is 2. The first-order valence-electron chi connectivity index (χ1n) is 5.53. The van der Waals surface area contributed by atoms with Gasteiger partial charge in [-0.15, -0.1) is 0 Å². The maximum atomic E-state index is 4.15. The fraction of sp³-hybridized carbons (Fsp3) is 0.636. The molecule has 0 amide bonds. The molecule has 0 aliphatic carbocycles. The SMILES string of the molecule is CCCNCC(C)NCc1ncccn1. The monoisotopic (exact) mass is 208 g/mol. The zero-order valence-electron chi connectivity index (χ0n) is 9.53. The lowest BCUT2D eigenvalue weighted by molar-refractivity contribution is 0.493. The van der Waals surface area contributed by atoms with Gasteiger partial charge in [-0.1, -0.05) is 6.92 Å². The van der Waals surface area contributed by atoms with E-state index in [1.54, 1.807) is 12.4 Å². The van der Waals surface area contributed by atoms with Crippen LogP contribution in [0, 0.1) is 0 Å². The molecule has 4 heteroatoms. The summed E-state index contributed by atoms with van der Waals surface area (Å²) in [4.78, 5) is 8.31. The highest BCUT2D eigenvalue weighted by molar-refractivity contribution is 4.88. The van der Waals surface area contributed by atoms with Crippen LogP contribution >= 0.6 is 0 Å². The van der Waals surface area contributed by atoms with Gasteiger partial charge >= 0.3 is 0 Å². The standard InChI is InChI=1S/C11H20N4/c1-3-5-12-8-10(2)15-9-11-13-6-4-7-14-11/h4,6-7,10,12,15H,3,5,8-9H2,1-2H3. The molecule has 1 rings (SSSR count). The lowest BCUT2D eigenvalue weighted by Crippen LogP contribution is -2.36. The highest BCUT2D eigenvalue weighted by Gasteiger charge is 2.01. The lowest BCUT2D eigenvalue weighted by atomic mass is 10.3. The van der Waals surface area contributed by atoms with Gasteiger partial charge in [-0.3, -0.25) is 0 Å². The molecule has 0 bridgehead atoms. The Labute approximate surface area is 91.5 Å². The summed E-state index contributed by atoms with van der Waals surface area (Å²) < 4.78 is 0. The minimum absolute atomic E-state index is 0.445. The van der Waals surface area contributed by atoms with Gasteiger partial charge in [-0.2, -0.15) is 0 Å². The Kier molecular flexibility index (Phi) is 5.88. The predicted molar refractivity (Wildman–Crippen MR) is 61.5 cm³/mol. The van der Waals surface area contributed by atoms with Crippen molar-refractivity contribution < 1.29 is 0 Å². The van der Waals surface area contributed by atoms with E-state index in [1.807, 2.05) is 6.07 Å². The molecular formula is C11H20N4. The third-order valence-corrected chi connectivity index (χ3v) is 2.11. The molecule has 1 unspecified atom stereocenters. The van der Waals surface area contributed by atoms with Gasteiger partial charge in [0.2, 0.25) is 0 Å². The predicted octanol–water partition coefficient (Wildman–Crippen LogP) is 0.954. The Morgan fingerprint density at radius 2 is 2.07 bits per heavy atom. The molecule has 0 radical (unpaired) electrons. The van der Waals surface area contributed by atoms with Crippen molar-refractivity contribution >= 4 is 0 Å². The first kappa shape index (κ1) is 12.1. The molecule has 1 heterocycles. The van der Waals surface area contributed by atoms with Crippen molar-refractivity contribution in [3.8, 4) is 0 Å². The van der Waals surface area contributed by atoms with Crippen LogP contribution in [0.4, 0.5) is 0 Å². The van der Waals surface area contributed by atoms with Crippen molar-refractivity contribution in [2.24, 2.45) is 0 Å². The van der Waals surface area contributed by atoms with Gasteiger partial charge in [0.25, 0.3) is 0 Å². The van der Waals surface area contributed by atoms with Crippen LogP contribution in [0.1, 0.15) is 26.1 Å². The summed E-state index contributed by atoms with van der Waals surface area (Å²) in [5, 5.41) is 6.74. The summed E-state index contributed by atoms with van der Waals surface area (Å²) in [5.41, 5.74) is 0. The molecule has 0 saturated heterocycles. The van der Waals surface area contributed by atoms with Crippen LogP contribution in [-0.2, 0) is 6.54 Å². The van der Waals surface area contributed by atoms with E-state index >= 15 is 0 Å². The van der Waals surface area contributed by atoms with Crippen molar-refractivity contribution in [1.29, 1.82) is 0 Å². The second-order valence-corrected chi connectivity index (χ2v) is 3.65. The van der Waals surface area contributed by atoms with Crippen molar-refractivity contribution in [3.63, 3.8) is 0 Å². The largest absolute Gasteiger partial charge is 0.315 e. The maximum Gasteiger partial charge on any atom is 0.141 e. The summed E-state index contributed by atoms with van der Waals surface area (Å²) in [6.45, 7) is 7.12. The molecule has 1 aromatic heterocycles. The van der Waals surface area contributed by atoms with Crippen LogP contribution in [0.25, 0.3) is 0 Å². The van der Waals surface area contributed by atoms with Crippen molar-refractivity contribution in [2.75, 3.05) is 13.1 Å². The van der Waals surface area contributed by atoms with E-state index in [9.17, 15) is 0 Å². The molecule has 0 aromatic carbocycles. The molecule has 15 heavy (non-hydrogen) atoms. The minimum atomic E-state index is 0.445. The highest BCUT2D eigenvalue weighted by atomic mass is 15.0. The van der Waals surface area contributed by atoms with Crippen LogP contribution < -0.4 is 10.6 Å². The topological polar surface area (TPSA) is 49.8 Å². The normalized spacial score (nSPS) is 12.7. The van der Waals surface area contributed by atoms with E-state index in [-0.39, 0.29) is 0 Å². The Hall–Kier alpha value is -1.00. The van der Waals surface area contributed by atoms with Gasteiger partial charge in [0.05, 0.1) is 6.54 Å². The Bertz CT molecular complexity index is 250. The third-order valence-electron chi connectivity index (χ3n) is 2.11. The summed E-state index contributed by atoms with van der Waals surface area (Å²) in [6, 6.07) is 2.27. The number of nitrogens with one attached hydrogen (secondary N) is 2. The second-order valence-electron chi connectivity index (χ2n) is 3.65. The summed E-state index contributed by atoms with van der Waals surface area (Å²) in [6.07, 6.45) is 4.71. The summed E-state index contributed by atoms with van der Waals surface area (Å²) in [5.74, 6) is 0.847. The first-order chi connectivity index (χ1) is 7.33. The van der Waals surface area contributed by atoms with Crippen LogP contribution in [0.2, 0.25) is 0 Å². The molecule has 84 valence electrons. The molecule has 1 aromatic rings. The van der Waals surface area contributed by atoms with Gasteiger partial charge in [0, 0.05) is 25.0 Å². The molecular weight excluding hydrogens is 188 g/mol. The van der Waals surface area contributed by atoms with Crippen molar-refractivity contribution in [3.05, 3.63) is 24.3 Å². The van der Waals surface area contributed by atoms with Gasteiger partial charge < -0.3 is 10.6 Å².